The van der Waals surface area contributed by atoms with Gasteiger partial charge in [0.15, 0.2) is 5.13 Å². The molecule has 0 unspecified atom stereocenters. The van der Waals surface area contributed by atoms with Crippen molar-refractivity contribution in [2.75, 3.05) is 30.4 Å². The average molecular weight is 426 g/mol. The number of ether oxygens (including phenoxy) is 1. The molecule has 2 aromatic carbocycles. The van der Waals surface area contributed by atoms with Crippen LogP contribution >= 0.6 is 11.3 Å². The molecule has 1 aliphatic rings. The summed E-state index contributed by atoms with van der Waals surface area (Å²) in [7, 11) is 1.61. The Labute approximate surface area is 177 Å². The Morgan fingerprint density at radius 3 is 2.47 bits per heavy atom. The summed E-state index contributed by atoms with van der Waals surface area (Å²) in [6.45, 7) is 2.01. The first-order valence-corrected chi connectivity index (χ1v) is 10.7. The quantitative estimate of drug-likeness (QED) is 0.463. The van der Waals surface area contributed by atoms with Crippen LogP contribution in [0.15, 0.2) is 36.4 Å². The van der Waals surface area contributed by atoms with E-state index in [2.05, 4.69) is 21.3 Å². The zero-order valence-corrected chi connectivity index (χ0v) is 17.4. The molecule has 0 spiro atoms. The van der Waals surface area contributed by atoms with Gasteiger partial charge in [-0.15, -0.1) is 0 Å². The number of nitro groups is 1. The number of methoxy groups -OCH3 is 1. The second kappa shape index (κ2) is 8.66. The van der Waals surface area contributed by atoms with Crippen LogP contribution in [-0.4, -0.2) is 36.0 Å². The Hall–Kier alpha value is -3.20. The minimum atomic E-state index is -0.494. The van der Waals surface area contributed by atoms with E-state index in [0.717, 1.165) is 41.8 Å². The Bertz CT molecular complexity index is 1070. The van der Waals surface area contributed by atoms with Gasteiger partial charge in [-0.25, -0.2) is 4.98 Å². The number of non-ortho nitro benzene ring substituents is 1. The van der Waals surface area contributed by atoms with E-state index in [1.54, 1.807) is 7.11 Å². The van der Waals surface area contributed by atoms with Gasteiger partial charge in [-0.1, -0.05) is 24.2 Å². The van der Waals surface area contributed by atoms with Crippen LogP contribution in [0.25, 0.3) is 10.2 Å². The lowest BCUT2D eigenvalue weighted by Crippen LogP contribution is -2.23. The number of amides is 1. The van der Waals surface area contributed by atoms with Gasteiger partial charge in [0.2, 0.25) is 0 Å². The maximum atomic E-state index is 12.6. The maximum absolute atomic E-state index is 12.6. The summed E-state index contributed by atoms with van der Waals surface area (Å²) in [4.78, 5) is 29.9. The fourth-order valence-corrected chi connectivity index (χ4v) is 4.67. The SMILES string of the molecule is COc1ccc(N2CCCCCC2)c2sc(NC(=O)c3ccc([N+](=O)[O-])cc3)nc12. The summed E-state index contributed by atoms with van der Waals surface area (Å²) < 4.78 is 6.46. The van der Waals surface area contributed by atoms with E-state index in [9.17, 15) is 14.9 Å². The standard InChI is InChI=1S/C21H22N4O4S/c1-29-17-11-10-16(24-12-4-2-3-5-13-24)19-18(17)22-21(30-19)23-20(26)14-6-8-15(9-7-14)25(27)28/h6-11H,2-5,12-13H2,1H3,(H,22,23,26). The number of nitro benzene ring substituents is 1. The molecule has 1 fully saturated rings. The number of thiazole rings is 1. The van der Waals surface area contributed by atoms with Crippen LogP contribution in [0.5, 0.6) is 5.75 Å². The van der Waals surface area contributed by atoms with Crippen molar-refractivity contribution < 1.29 is 14.5 Å². The zero-order chi connectivity index (χ0) is 21.1. The largest absolute Gasteiger partial charge is 0.494 e. The number of benzene rings is 2. The van der Waals surface area contributed by atoms with Crippen LogP contribution in [0.3, 0.4) is 0 Å². The monoisotopic (exact) mass is 426 g/mol. The minimum Gasteiger partial charge on any atom is -0.494 e. The summed E-state index contributed by atoms with van der Waals surface area (Å²) >= 11 is 1.41. The Kier molecular flexibility index (Phi) is 5.80. The summed E-state index contributed by atoms with van der Waals surface area (Å²) in [5.74, 6) is 0.301. The lowest BCUT2D eigenvalue weighted by Gasteiger charge is -2.23. The van der Waals surface area contributed by atoms with Gasteiger partial charge >= 0.3 is 0 Å². The molecule has 1 aliphatic heterocycles. The molecule has 1 saturated heterocycles. The number of anilines is 2. The van der Waals surface area contributed by atoms with E-state index < -0.39 is 4.92 Å². The topological polar surface area (TPSA) is 97.6 Å². The summed E-state index contributed by atoms with van der Waals surface area (Å²) in [6, 6.07) is 9.48. The second-order valence-corrected chi connectivity index (χ2v) is 8.14. The van der Waals surface area contributed by atoms with Crippen molar-refractivity contribution in [2.45, 2.75) is 25.7 Å². The van der Waals surface area contributed by atoms with Crippen molar-refractivity contribution in [1.82, 2.24) is 4.98 Å². The first-order valence-electron chi connectivity index (χ1n) is 9.85. The average Bonchev–Trinajstić information content (AvgIpc) is 2.98. The Balaban J connectivity index is 1.63. The zero-order valence-electron chi connectivity index (χ0n) is 16.6. The van der Waals surface area contributed by atoms with Gasteiger partial charge in [0.1, 0.15) is 11.3 Å². The molecule has 1 amide bonds. The predicted molar refractivity (Wildman–Crippen MR) is 118 cm³/mol. The highest BCUT2D eigenvalue weighted by Crippen LogP contribution is 2.40. The normalized spacial score (nSPS) is 14.4. The number of rotatable bonds is 5. The predicted octanol–water partition coefficient (Wildman–Crippen LogP) is 4.85. The molecule has 0 bridgehead atoms. The highest BCUT2D eigenvalue weighted by molar-refractivity contribution is 7.23. The van der Waals surface area contributed by atoms with Crippen LogP contribution in [0.1, 0.15) is 36.0 Å². The third-order valence-electron chi connectivity index (χ3n) is 5.21. The number of fused-ring (bicyclic) bond motifs is 1. The van der Waals surface area contributed by atoms with E-state index in [1.165, 1.54) is 48.4 Å². The minimum absolute atomic E-state index is 0.0571. The van der Waals surface area contributed by atoms with Crippen molar-refractivity contribution in [3.05, 3.63) is 52.1 Å². The maximum Gasteiger partial charge on any atom is 0.269 e. The fourth-order valence-electron chi connectivity index (χ4n) is 3.65. The van der Waals surface area contributed by atoms with Crippen LogP contribution in [-0.2, 0) is 0 Å². The summed E-state index contributed by atoms with van der Waals surface area (Å²) in [6.07, 6.45) is 4.82. The number of nitrogens with one attached hydrogen (secondary N) is 1. The third kappa shape index (κ3) is 4.06. The second-order valence-electron chi connectivity index (χ2n) is 7.14. The first kappa shape index (κ1) is 20.1. The van der Waals surface area contributed by atoms with Crippen molar-refractivity contribution in [3.63, 3.8) is 0 Å². The molecule has 1 aromatic heterocycles. The van der Waals surface area contributed by atoms with Gasteiger partial charge in [-0.2, -0.15) is 0 Å². The highest BCUT2D eigenvalue weighted by atomic mass is 32.1. The summed E-state index contributed by atoms with van der Waals surface area (Å²) in [5.41, 5.74) is 2.11. The van der Waals surface area contributed by atoms with Crippen molar-refractivity contribution in [2.24, 2.45) is 0 Å². The highest BCUT2D eigenvalue weighted by Gasteiger charge is 2.19. The molecule has 4 rings (SSSR count). The van der Waals surface area contributed by atoms with Gasteiger partial charge in [-0.3, -0.25) is 20.2 Å². The van der Waals surface area contributed by atoms with Gasteiger partial charge < -0.3 is 9.64 Å². The van der Waals surface area contributed by atoms with E-state index >= 15 is 0 Å². The molecule has 0 radical (unpaired) electrons. The number of aromatic nitrogens is 1. The van der Waals surface area contributed by atoms with Crippen LogP contribution in [0, 0.1) is 10.1 Å². The Morgan fingerprint density at radius 1 is 1.13 bits per heavy atom. The molecular formula is C21H22N4O4S. The smallest absolute Gasteiger partial charge is 0.269 e. The fraction of sp³-hybridized carbons (Fsp3) is 0.333. The molecule has 30 heavy (non-hydrogen) atoms. The van der Waals surface area contributed by atoms with Gasteiger partial charge in [0.25, 0.3) is 11.6 Å². The third-order valence-corrected chi connectivity index (χ3v) is 6.21. The van der Waals surface area contributed by atoms with E-state index in [0.29, 0.717) is 16.4 Å². The van der Waals surface area contributed by atoms with E-state index in [1.807, 2.05) is 6.07 Å². The number of hydrogen-bond donors (Lipinski definition) is 1. The van der Waals surface area contributed by atoms with Gasteiger partial charge in [0.05, 0.1) is 22.4 Å². The van der Waals surface area contributed by atoms with Crippen molar-refractivity contribution >= 4 is 44.0 Å². The molecule has 1 N–H and O–H groups in total. The van der Waals surface area contributed by atoms with Crippen LogP contribution in [0.2, 0.25) is 0 Å². The van der Waals surface area contributed by atoms with E-state index in [4.69, 9.17) is 4.74 Å². The molecular weight excluding hydrogens is 404 g/mol. The molecule has 156 valence electrons. The first-order chi connectivity index (χ1) is 14.6. The van der Waals surface area contributed by atoms with Crippen molar-refractivity contribution in [1.29, 1.82) is 0 Å². The molecule has 0 saturated carbocycles. The lowest BCUT2D eigenvalue weighted by atomic mass is 10.2. The van der Waals surface area contributed by atoms with Crippen LogP contribution in [0.4, 0.5) is 16.5 Å². The number of carbonyl (C=O) groups excluding carboxylic acids is 1. The number of nitrogens with zero attached hydrogens (tertiary/aromatic N) is 3. The van der Waals surface area contributed by atoms with Crippen molar-refractivity contribution in [3.8, 4) is 5.75 Å². The summed E-state index contributed by atoms with van der Waals surface area (Å²) in [5, 5.41) is 14.1. The molecule has 0 atom stereocenters. The molecule has 9 heteroatoms. The molecule has 8 nitrogen and oxygen atoms in total. The van der Waals surface area contributed by atoms with Gasteiger partial charge in [-0.05, 0) is 37.1 Å². The van der Waals surface area contributed by atoms with Crippen LogP contribution < -0.4 is 15.0 Å². The number of carbonyl (C=O) groups is 1. The lowest BCUT2D eigenvalue weighted by molar-refractivity contribution is -0.384. The molecule has 2 heterocycles. The van der Waals surface area contributed by atoms with Gasteiger partial charge in [0, 0.05) is 30.8 Å². The Morgan fingerprint density at radius 2 is 1.83 bits per heavy atom. The molecule has 3 aromatic rings. The number of hydrogen-bond acceptors (Lipinski definition) is 7. The van der Waals surface area contributed by atoms with E-state index in [-0.39, 0.29) is 11.6 Å². The molecule has 0 aliphatic carbocycles.